The van der Waals surface area contributed by atoms with Crippen LogP contribution in [0, 0.1) is 0 Å². The largest absolute Gasteiger partial charge is 0.487 e. The van der Waals surface area contributed by atoms with Crippen molar-refractivity contribution in [3.63, 3.8) is 0 Å². The summed E-state index contributed by atoms with van der Waals surface area (Å²) >= 11 is 0. The van der Waals surface area contributed by atoms with E-state index in [9.17, 15) is 4.79 Å². The molecule has 0 saturated heterocycles. The van der Waals surface area contributed by atoms with Crippen molar-refractivity contribution in [2.24, 2.45) is 5.73 Å². The lowest BCUT2D eigenvalue weighted by Crippen LogP contribution is -2.12. The summed E-state index contributed by atoms with van der Waals surface area (Å²) in [5.74, 6) is 0.0674. The van der Waals surface area contributed by atoms with E-state index < -0.39 is 5.91 Å². The molecule has 0 radical (unpaired) electrons. The summed E-state index contributed by atoms with van der Waals surface area (Å²) in [6, 6.07) is 12.8. The Morgan fingerprint density at radius 2 is 1.95 bits per heavy atom. The number of hydrogen-bond donors (Lipinski definition) is 2. The van der Waals surface area contributed by atoms with Gasteiger partial charge in [0.2, 0.25) is 0 Å². The number of aromatic nitrogens is 4. The smallest absolute Gasteiger partial charge is 0.271 e. The number of ether oxygens (including phenoxy) is 1. The lowest BCUT2D eigenvalue weighted by Gasteiger charge is -2.06. The van der Waals surface area contributed by atoms with Crippen molar-refractivity contribution < 1.29 is 9.53 Å². The monoisotopic (exact) mass is 295 g/mol. The molecule has 0 aliphatic heterocycles. The van der Waals surface area contributed by atoms with Crippen molar-refractivity contribution in [3.8, 4) is 17.0 Å². The van der Waals surface area contributed by atoms with Crippen LogP contribution in [0.15, 0.2) is 48.7 Å². The van der Waals surface area contributed by atoms with Gasteiger partial charge in [0.05, 0.1) is 5.69 Å². The van der Waals surface area contributed by atoms with E-state index in [2.05, 4.69) is 20.4 Å². The van der Waals surface area contributed by atoms with Gasteiger partial charge < -0.3 is 10.5 Å². The van der Waals surface area contributed by atoms with E-state index >= 15 is 0 Å². The van der Waals surface area contributed by atoms with Crippen molar-refractivity contribution in [2.75, 3.05) is 0 Å². The van der Waals surface area contributed by atoms with Gasteiger partial charge in [-0.05, 0) is 36.4 Å². The minimum atomic E-state index is -0.626. The first-order valence-electron chi connectivity index (χ1n) is 6.58. The standard InChI is InChI=1S/C15H13N5O2/c16-15(21)14-13(18-20-19-14)10-4-6-12(7-5-10)22-9-11-3-1-2-8-17-11/h1-8H,9H2,(H2,16,21)(H,18,19,20). The van der Waals surface area contributed by atoms with E-state index in [1.807, 2.05) is 18.2 Å². The second kappa shape index (κ2) is 6.04. The SMILES string of the molecule is NC(=O)c1n[nH]nc1-c1ccc(OCc2ccccn2)cc1. The molecule has 3 rings (SSSR count). The molecule has 0 aliphatic carbocycles. The van der Waals surface area contributed by atoms with E-state index in [-0.39, 0.29) is 5.69 Å². The number of carbonyl (C=O) groups is 1. The molecule has 0 saturated carbocycles. The van der Waals surface area contributed by atoms with Gasteiger partial charge in [-0.3, -0.25) is 9.78 Å². The number of amides is 1. The third kappa shape index (κ3) is 2.93. The van der Waals surface area contributed by atoms with Crippen molar-refractivity contribution >= 4 is 5.91 Å². The molecule has 0 bridgehead atoms. The number of rotatable bonds is 5. The molecular weight excluding hydrogens is 282 g/mol. The van der Waals surface area contributed by atoms with E-state index in [1.54, 1.807) is 30.5 Å². The Kier molecular flexibility index (Phi) is 3.78. The highest BCUT2D eigenvalue weighted by Crippen LogP contribution is 2.22. The average molecular weight is 295 g/mol. The highest BCUT2D eigenvalue weighted by atomic mass is 16.5. The Hall–Kier alpha value is -3.22. The second-order valence-corrected chi connectivity index (χ2v) is 4.52. The van der Waals surface area contributed by atoms with E-state index in [0.717, 1.165) is 11.3 Å². The van der Waals surface area contributed by atoms with Crippen LogP contribution in [0.5, 0.6) is 5.75 Å². The van der Waals surface area contributed by atoms with Crippen molar-refractivity contribution in [1.82, 2.24) is 20.4 Å². The summed E-state index contributed by atoms with van der Waals surface area (Å²) in [5.41, 5.74) is 7.35. The average Bonchev–Trinajstić information content (AvgIpc) is 3.04. The maximum atomic E-state index is 11.3. The van der Waals surface area contributed by atoms with Crippen LogP contribution in [0.3, 0.4) is 0 Å². The molecule has 1 aromatic carbocycles. The second-order valence-electron chi connectivity index (χ2n) is 4.52. The number of hydrogen-bond acceptors (Lipinski definition) is 5. The predicted molar refractivity (Wildman–Crippen MR) is 78.9 cm³/mol. The van der Waals surface area contributed by atoms with Crippen molar-refractivity contribution in [1.29, 1.82) is 0 Å². The fourth-order valence-corrected chi connectivity index (χ4v) is 1.95. The molecule has 0 atom stereocenters. The molecule has 0 aliphatic rings. The number of aromatic amines is 1. The maximum absolute atomic E-state index is 11.3. The quantitative estimate of drug-likeness (QED) is 0.742. The Bertz CT molecular complexity index is 768. The molecule has 3 aromatic rings. The van der Waals surface area contributed by atoms with Gasteiger partial charge in [-0.1, -0.05) is 6.07 Å². The molecule has 0 unspecified atom stereocenters. The maximum Gasteiger partial charge on any atom is 0.271 e. The summed E-state index contributed by atoms with van der Waals surface area (Å²) in [5, 5.41) is 10.1. The Labute approximate surface area is 126 Å². The Morgan fingerprint density at radius 3 is 2.64 bits per heavy atom. The van der Waals surface area contributed by atoms with Crippen LogP contribution in [0.25, 0.3) is 11.3 Å². The van der Waals surface area contributed by atoms with Gasteiger partial charge in [0.15, 0.2) is 5.69 Å². The van der Waals surface area contributed by atoms with Gasteiger partial charge >= 0.3 is 0 Å². The fourth-order valence-electron chi connectivity index (χ4n) is 1.95. The summed E-state index contributed by atoms with van der Waals surface area (Å²) in [6.07, 6.45) is 1.72. The summed E-state index contributed by atoms with van der Waals surface area (Å²) < 4.78 is 5.64. The minimum Gasteiger partial charge on any atom is -0.487 e. The zero-order valence-electron chi connectivity index (χ0n) is 11.6. The molecule has 110 valence electrons. The van der Waals surface area contributed by atoms with Crippen LogP contribution >= 0.6 is 0 Å². The number of nitrogens with zero attached hydrogens (tertiary/aromatic N) is 3. The van der Waals surface area contributed by atoms with Gasteiger partial charge in [-0.25, -0.2) is 0 Å². The van der Waals surface area contributed by atoms with Gasteiger partial charge in [-0.15, -0.1) is 0 Å². The highest BCUT2D eigenvalue weighted by molar-refractivity contribution is 5.96. The number of pyridine rings is 1. The van der Waals surface area contributed by atoms with Crippen LogP contribution < -0.4 is 10.5 Å². The van der Waals surface area contributed by atoms with Gasteiger partial charge in [-0.2, -0.15) is 15.4 Å². The molecule has 2 aromatic heterocycles. The lowest BCUT2D eigenvalue weighted by atomic mass is 10.1. The Morgan fingerprint density at radius 1 is 1.14 bits per heavy atom. The number of benzene rings is 1. The first kappa shape index (κ1) is 13.7. The minimum absolute atomic E-state index is 0.113. The molecule has 7 nitrogen and oxygen atoms in total. The van der Waals surface area contributed by atoms with Crippen molar-refractivity contribution in [2.45, 2.75) is 6.61 Å². The van der Waals surface area contributed by atoms with Crippen molar-refractivity contribution in [3.05, 3.63) is 60.0 Å². The Balaban J connectivity index is 1.73. The molecule has 2 heterocycles. The first-order chi connectivity index (χ1) is 10.7. The number of H-pyrrole nitrogens is 1. The fraction of sp³-hybridized carbons (Fsp3) is 0.0667. The van der Waals surface area contributed by atoms with Gasteiger partial charge in [0.1, 0.15) is 18.1 Å². The van der Waals surface area contributed by atoms with E-state index in [1.165, 1.54) is 0 Å². The zero-order chi connectivity index (χ0) is 15.4. The summed E-state index contributed by atoms with van der Waals surface area (Å²) in [7, 11) is 0. The van der Waals surface area contributed by atoms with Crippen LogP contribution in [0.4, 0.5) is 0 Å². The summed E-state index contributed by atoms with van der Waals surface area (Å²) in [6.45, 7) is 0.386. The number of primary amides is 1. The number of nitrogens with two attached hydrogens (primary N) is 1. The van der Waals surface area contributed by atoms with Crippen LogP contribution in [0.2, 0.25) is 0 Å². The van der Waals surface area contributed by atoms with E-state index in [0.29, 0.717) is 18.1 Å². The highest BCUT2D eigenvalue weighted by Gasteiger charge is 2.14. The molecular formula is C15H13N5O2. The molecule has 0 spiro atoms. The first-order valence-corrected chi connectivity index (χ1v) is 6.58. The lowest BCUT2D eigenvalue weighted by molar-refractivity contribution is 0.0996. The molecule has 22 heavy (non-hydrogen) atoms. The van der Waals surface area contributed by atoms with Gasteiger partial charge in [0, 0.05) is 11.8 Å². The topological polar surface area (TPSA) is 107 Å². The third-order valence-corrected chi connectivity index (χ3v) is 3.02. The molecule has 3 N–H and O–H groups in total. The van der Waals surface area contributed by atoms with Crippen LogP contribution in [0.1, 0.15) is 16.2 Å². The molecule has 1 amide bonds. The third-order valence-electron chi connectivity index (χ3n) is 3.02. The summed E-state index contributed by atoms with van der Waals surface area (Å²) in [4.78, 5) is 15.4. The van der Waals surface area contributed by atoms with E-state index in [4.69, 9.17) is 10.5 Å². The molecule has 7 heteroatoms. The van der Waals surface area contributed by atoms with Gasteiger partial charge in [0.25, 0.3) is 5.91 Å². The zero-order valence-corrected chi connectivity index (χ0v) is 11.6. The number of carbonyl (C=O) groups excluding carboxylic acids is 1. The van der Waals surface area contributed by atoms with Crippen LogP contribution in [-0.4, -0.2) is 26.3 Å². The normalized spacial score (nSPS) is 10.4. The molecule has 0 fully saturated rings. The van der Waals surface area contributed by atoms with Crippen LogP contribution in [-0.2, 0) is 6.61 Å². The number of nitrogens with one attached hydrogen (secondary N) is 1. The predicted octanol–water partition coefficient (Wildman–Crippen LogP) is 1.54.